The van der Waals surface area contributed by atoms with Crippen LogP contribution in [-0.4, -0.2) is 150 Å². The van der Waals surface area contributed by atoms with Crippen LogP contribution in [0.2, 0.25) is 0 Å². The van der Waals surface area contributed by atoms with E-state index in [1.165, 1.54) is 57.0 Å². The number of benzene rings is 2. The first-order chi connectivity index (χ1) is 47.5. The molecule has 0 aliphatic heterocycles. The number of hydrogen-bond acceptors (Lipinski definition) is 19. The number of imide groups is 1. The van der Waals surface area contributed by atoms with Gasteiger partial charge in [-0.2, -0.15) is 4.89 Å². The SMILES string of the molecule is C=CC(=O)OCC(COCC(COC(=O)C=C)(COC(=O)C=C)OOC(=O)C=C)(COC(=O)C=C)COC(=O)CCCCCCCNC(=O)N(CCCCCCNC(=O)OC(CCCCCCCCCCCC)COc1ccc([I+]c2ccccc2)cc1)C(=O)NCCCCCCC. The van der Waals surface area contributed by atoms with Crippen LogP contribution in [0.4, 0.5) is 14.4 Å². The first-order valence-electron chi connectivity index (χ1n) is 34.6. The molecule has 1 unspecified atom stereocenters. The fraction of sp³-hybridized carbons (Fsp3) is 0.581. The Labute approximate surface area is 591 Å². The van der Waals surface area contributed by atoms with Gasteiger partial charge >= 0.3 is 75.2 Å². The second-order valence-electron chi connectivity index (χ2n) is 23.8. The fourth-order valence-corrected chi connectivity index (χ4v) is 11.8. The molecule has 2 aromatic carbocycles. The molecule has 0 saturated heterocycles. The smallest absolute Gasteiger partial charge is 0.407 e. The molecule has 2 aromatic rings. The topological polar surface area (TPSA) is 285 Å². The third-order valence-electron chi connectivity index (χ3n) is 15.3. The number of unbranched alkanes of at least 4 members (excludes halogenated alkanes) is 20. The van der Waals surface area contributed by atoms with Crippen LogP contribution < -0.4 is 41.9 Å². The number of urea groups is 2. The molecule has 1 atom stereocenters. The Morgan fingerprint density at radius 3 is 1.42 bits per heavy atom. The van der Waals surface area contributed by atoms with Crippen LogP contribution in [0.1, 0.15) is 181 Å². The van der Waals surface area contributed by atoms with Crippen molar-refractivity contribution in [2.75, 3.05) is 79.0 Å². The zero-order valence-electron chi connectivity index (χ0n) is 58.1. The molecule has 0 bridgehead atoms. The van der Waals surface area contributed by atoms with Gasteiger partial charge in [-0.15, -0.1) is 0 Å². The molecule has 2 rings (SSSR count). The maximum absolute atomic E-state index is 13.6. The monoisotopic (exact) mass is 1490 g/mol. The molecule has 98 heavy (non-hydrogen) atoms. The number of alkyl carbamates (subject to hydrolysis) is 1. The Hall–Kier alpha value is -7.58. The molecule has 0 aliphatic carbocycles. The summed E-state index contributed by atoms with van der Waals surface area (Å²) in [5.74, 6) is -4.61. The van der Waals surface area contributed by atoms with E-state index in [-0.39, 0.29) is 40.8 Å². The van der Waals surface area contributed by atoms with Crippen molar-refractivity contribution in [1.82, 2.24) is 20.9 Å². The quantitative estimate of drug-likeness (QED) is 0.0106. The molecule has 23 nitrogen and oxygen atoms in total. The standard InChI is InChI=1S/C74H109IN4O19/c1-8-15-17-19-20-21-22-23-25-34-42-63(52-90-62-46-44-61(45-47-62)75-60-40-32-31-33-41-60)96-72(88)78-50-38-29-30-39-51-79(70(86)76-48-36-27-18-16-9-2)71(87)77-49-37-28-24-26-35-43-69(85)93-56-73(54-91-64(80)10-3,55-92-65(81)11-4)53-89-57-74(58-94-66(82)12-5,59-95-67(83)13-6)98-97-68(84)14-7/h10-14,31-33,40-41,44-47,63H,3-9,15-30,34-39,42-43,48-59H2,1-2H3,(H2-,76,77,78,86,87,88)/p+1. The van der Waals surface area contributed by atoms with Crippen molar-refractivity contribution in [3.63, 3.8) is 0 Å². The molecule has 0 aromatic heterocycles. The number of rotatable bonds is 59. The lowest BCUT2D eigenvalue weighted by molar-refractivity contribution is -0.597. The first kappa shape index (κ1) is 86.5. The number of carbonyl (C=O) groups is 9. The predicted octanol–water partition coefficient (Wildman–Crippen LogP) is 10.1. The van der Waals surface area contributed by atoms with Gasteiger partial charge in [-0.1, -0.05) is 181 Å². The van der Waals surface area contributed by atoms with Gasteiger partial charge in [0.15, 0.2) is 7.14 Å². The van der Waals surface area contributed by atoms with Gasteiger partial charge in [-0.3, -0.25) is 9.68 Å². The highest BCUT2D eigenvalue weighted by Gasteiger charge is 2.42. The molecule has 546 valence electrons. The van der Waals surface area contributed by atoms with Crippen molar-refractivity contribution in [3.05, 3.63) is 125 Å². The van der Waals surface area contributed by atoms with E-state index >= 15 is 0 Å². The van der Waals surface area contributed by atoms with E-state index in [1.54, 1.807) is 0 Å². The molecule has 0 saturated carbocycles. The van der Waals surface area contributed by atoms with Gasteiger partial charge < -0.3 is 53.8 Å². The lowest BCUT2D eigenvalue weighted by Gasteiger charge is -2.34. The van der Waals surface area contributed by atoms with E-state index in [0.29, 0.717) is 71.0 Å². The lowest BCUT2D eigenvalue weighted by atomic mass is 9.92. The molecule has 0 spiro atoms. The number of amides is 5. The number of nitrogens with one attached hydrogen (secondary N) is 3. The lowest BCUT2D eigenvalue weighted by Crippen LogP contribution is -3.61. The Morgan fingerprint density at radius 1 is 0.469 bits per heavy atom. The largest absolute Gasteiger partial charge is 0.490 e. The average Bonchev–Trinajstić information content (AvgIpc) is 0.927. The Morgan fingerprint density at radius 2 is 0.908 bits per heavy atom. The van der Waals surface area contributed by atoms with Gasteiger partial charge in [0.05, 0.1) is 18.6 Å². The van der Waals surface area contributed by atoms with Crippen LogP contribution >= 0.6 is 0 Å². The summed E-state index contributed by atoms with van der Waals surface area (Å²) < 4.78 is 47.4. The van der Waals surface area contributed by atoms with Gasteiger partial charge in [0.25, 0.3) is 0 Å². The highest BCUT2D eigenvalue weighted by Crippen LogP contribution is 2.25. The zero-order chi connectivity index (χ0) is 71.8. The Bertz CT molecular complexity index is 2590. The zero-order valence-corrected chi connectivity index (χ0v) is 60.3. The number of halogens is 1. The van der Waals surface area contributed by atoms with Gasteiger partial charge in [0.1, 0.15) is 51.5 Å². The van der Waals surface area contributed by atoms with Gasteiger partial charge in [-0.05, 0) is 81.3 Å². The minimum atomic E-state index is -2.06. The third-order valence-corrected chi connectivity index (χ3v) is 17.9. The highest BCUT2D eigenvalue weighted by atomic mass is 127. The second kappa shape index (κ2) is 55.3. The number of ether oxygens (including phenoxy) is 8. The van der Waals surface area contributed by atoms with E-state index in [0.717, 1.165) is 100 Å². The molecule has 0 radical (unpaired) electrons. The van der Waals surface area contributed by atoms with Gasteiger partial charge in [0.2, 0.25) is 5.60 Å². The van der Waals surface area contributed by atoms with Gasteiger partial charge in [-0.25, -0.2) is 43.3 Å². The van der Waals surface area contributed by atoms with E-state index in [1.807, 2.05) is 18.2 Å². The van der Waals surface area contributed by atoms with Crippen LogP contribution in [0.5, 0.6) is 5.75 Å². The molecular formula is C74H110IN4O19+. The summed E-state index contributed by atoms with van der Waals surface area (Å²) in [6.07, 6.45) is 26.9. The van der Waals surface area contributed by atoms with Crippen molar-refractivity contribution in [3.8, 4) is 5.75 Å². The van der Waals surface area contributed by atoms with Crippen molar-refractivity contribution < 1.29 is 112 Å². The van der Waals surface area contributed by atoms with Crippen molar-refractivity contribution in [2.24, 2.45) is 5.41 Å². The normalized spacial score (nSPS) is 11.3. The minimum Gasteiger partial charge on any atom is -0.490 e. The molecule has 5 amide bonds. The Balaban J connectivity index is 1.97. The predicted molar refractivity (Wildman–Crippen MR) is 368 cm³/mol. The summed E-state index contributed by atoms with van der Waals surface area (Å²) in [7, 11) is 0. The summed E-state index contributed by atoms with van der Waals surface area (Å²) in [4.78, 5) is 126. The minimum absolute atomic E-state index is 0.0311. The van der Waals surface area contributed by atoms with Crippen molar-refractivity contribution >= 4 is 54.0 Å². The molecule has 24 heteroatoms. The fourth-order valence-electron chi connectivity index (χ4n) is 9.54. The molecule has 3 N–H and O–H groups in total. The summed E-state index contributed by atoms with van der Waals surface area (Å²) in [5.41, 5.74) is -3.68. The van der Waals surface area contributed by atoms with Gasteiger partial charge in [0, 0.05) is 63.0 Å². The number of hydrogen-bond donors (Lipinski definition) is 3. The van der Waals surface area contributed by atoms with Crippen molar-refractivity contribution in [2.45, 2.75) is 192 Å². The summed E-state index contributed by atoms with van der Waals surface area (Å²) in [5, 5.41) is 8.74. The number of nitrogens with zero attached hydrogens (tertiary/aromatic N) is 1. The summed E-state index contributed by atoms with van der Waals surface area (Å²) in [6, 6.07) is 17.7. The van der Waals surface area contributed by atoms with Crippen LogP contribution in [0.25, 0.3) is 0 Å². The van der Waals surface area contributed by atoms with Crippen LogP contribution in [0, 0.1) is 12.6 Å². The maximum Gasteiger partial charge on any atom is 0.407 e. The number of esters is 5. The van der Waals surface area contributed by atoms with E-state index < -0.39 is 117 Å². The van der Waals surface area contributed by atoms with E-state index in [4.69, 9.17) is 47.7 Å². The van der Waals surface area contributed by atoms with Crippen LogP contribution in [0.15, 0.2) is 118 Å². The summed E-state index contributed by atoms with van der Waals surface area (Å²) >= 11 is -0.297. The summed E-state index contributed by atoms with van der Waals surface area (Å²) in [6.45, 7) is 18.4. The van der Waals surface area contributed by atoms with E-state index in [9.17, 15) is 43.2 Å². The molecular weight excluding hydrogens is 1380 g/mol. The van der Waals surface area contributed by atoms with Crippen LogP contribution in [-0.2, 0) is 71.7 Å². The highest BCUT2D eigenvalue weighted by molar-refractivity contribution is 5.93. The third kappa shape index (κ3) is 42.3. The second-order valence-corrected chi connectivity index (χ2v) is 26.8. The number of carbonyl (C=O) groups excluding carboxylic acids is 9. The molecule has 0 fully saturated rings. The molecule has 0 heterocycles. The van der Waals surface area contributed by atoms with Crippen molar-refractivity contribution in [1.29, 1.82) is 0 Å². The average molecular weight is 1490 g/mol. The van der Waals surface area contributed by atoms with Crippen LogP contribution in [0.3, 0.4) is 0 Å². The Kier molecular flexibility index (Phi) is 48.8. The van der Waals surface area contributed by atoms with E-state index in [2.05, 4.69) is 99.1 Å². The first-order valence-corrected chi connectivity index (χ1v) is 36.8. The maximum atomic E-state index is 13.6. The molecule has 0 aliphatic rings.